The van der Waals surface area contributed by atoms with E-state index in [-0.39, 0.29) is 17.0 Å². The summed E-state index contributed by atoms with van der Waals surface area (Å²) in [5.74, 6) is 1.76. The van der Waals surface area contributed by atoms with Crippen LogP contribution >= 0.6 is 28.3 Å². The van der Waals surface area contributed by atoms with Gasteiger partial charge in [0.25, 0.3) is 0 Å². The highest BCUT2D eigenvalue weighted by Gasteiger charge is 2.38. The van der Waals surface area contributed by atoms with Crippen molar-refractivity contribution in [1.82, 2.24) is 4.90 Å². The average Bonchev–Trinajstić information content (AvgIpc) is 3.00. The van der Waals surface area contributed by atoms with Crippen LogP contribution in [0.15, 0.2) is 29.6 Å². The van der Waals surface area contributed by atoms with Crippen molar-refractivity contribution >= 4 is 44.1 Å². The van der Waals surface area contributed by atoms with Crippen LogP contribution in [0.5, 0.6) is 0 Å². The summed E-state index contributed by atoms with van der Waals surface area (Å²) in [4.78, 5) is 5.09. The second kappa shape index (κ2) is 5.08. The van der Waals surface area contributed by atoms with Gasteiger partial charge in [0.1, 0.15) is 0 Å². The van der Waals surface area contributed by atoms with Crippen LogP contribution in [-0.4, -0.2) is 38.1 Å². The number of benzene rings is 1. The smallest absolute Gasteiger partial charge is 0.0454 e. The molecule has 2 unspecified atom stereocenters. The first-order valence-electron chi connectivity index (χ1n) is 6.71. The van der Waals surface area contributed by atoms with Crippen LogP contribution in [0.4, 0.5) is 5.69 Å². The average molecular weight is 339 g/mol. The molecule has 2 atom stereocenters. The largest absolute Gasteiger partial charge is 0.370 e. The minimum absolute atomic E-state index is 0. The summed E-state index contributed by atoms with van der Waals surface area (Å²) in [6.07, 6.45) is 0. The van der Waals surface area contributed by atoms with Gasteiger partial charge in [-0.15, -0.1) is 28.3 Å². The van der Waals surface area contributed by atoms with E-state index in [9.17, 15) is 0 Å². The number of anilines is 1. The number of likely N-dealkylation sites (tertiary alicyclic amines) is 1. The molecule has 2 fully saturated rings. The van der Waals surface area contributed by atoms with Crippen LogP contribution in [0.2, 0.25) is 0 Å². The Kier molecular flexibility index (Phi) is 3.58. The predicted octanol–water partition coefficient (Wildman–Crippen LogP) is 3.48. The van der Waals surface area contributed by atoms with Crippen molar-refractivity contribution in [3.8, 4) is 0 Å². The van der Waals surface area contributed by atoms with Gasteiger partial charge in [0, 0.05) is 42.0 Å². The normalized spacial score (nSPS) is 26.7. The molecular weight excluding hydrogens is 320 g/mol. The first-order valence-corrected chi connectivity index (χ1v) is 7.59. The lowest BCUT2D eigenvalue weighted by molar-refractivity contribution is 0.387. The lowest BCUT2D eigenvalue weighted by atomic mass is 10.0. The number of fused-ring (bicyclic) bond motifs is 2. The Balaban J connectivity index is 0.00000110. The van der Waals surface area contributed by atoms with Crippen molar-refractivity contribution in [2.24, 2.45) is 11.8 Å². The van der Waals surface area contributed by atoms with Crippen LogP contribution in [0.3, 0.4) is 0 Å². The molecule has 2 saturated heterocycles. The third-order valence-electron chi connectivity index (χ3n) is 4.48. The highest BCUT2D eigenvalue weighted by molar-refractivity contribution is 8.93. The Morgan fingerprint density at radius 1 is 1.05 bits per heavy atom. The fourth-order valence-electron chi connectivity index (χ4n) is 3.68. The van der Waals surface area contributed by atoms with Gasteiger partial charge in [0.05, 0.1) is 0 Å². The summed E-state index contributed by atoms with van der Waals surface area (Å²) in [5.41, 5.74) is 1.45. The molecule has 2 nitrogen and oxygen atoms in total. The van der Waals surface area contributed by atoms with Gasteiger partial charge in [-0.05, 0) is 42.5 Å². The lowest BCUT2D eigenvalue weighted by Crippen LogP contribution is -2.26. The number of hydrogen-bond acceptors (Lipinski definition) is 3. The van der Waals surface area contributed by atoms with Crippen molar-refractivity contribution in [3.05, 3.63) is 29.6 Å². The SMILES string of the molecule is Br.CN1CC2CN(c3cccc4sccc34)CC2C1. The summed E-state index contributed by atoms with van der Waals surface area (Å²) >= 11 is 1.85. The summed E-state index contributed by atoms with van der Waals surface area (Å²) in [5, 5.41) is 3.65. The molecule has 0 aliphatic carbocycles. The molecule has 4 heteroatoms. The summed E-state index contributed by atoms with van der Waals surface area (Å²) in [7, 11) is 2.25. The van der Waals surface area contributed by atoms with Gasteiger partial charge in [-0.3, -0.25) is 0 Å². The van der Waals surface area contributed by atoms with Gasteiger partial charge in [-0.1, -0.05) is 6.07 Å². The first-order chi connectivity index (χ1) is 8.81. The lowest BCUT2D eigenvalue weighted by Gasteiger charge is -2.22. The summed E-state index contributed by atoms with van der Waals surface area (Å²) < 4.78 is 1.42. The number of thiophene rings is 1. The van der Waals surface area contributed by atoms with Crippen LogP contribution < -0.4 is 4.90 Å². The molecule has 19 heavy (non-hydrogen) atoms. The Morgan fingerprint density at radius 2 is 1.79 bits per heavy atom. The minimum Gasteiger partial charge on any atom is -0.370 e. The van der Waals surface area contributed by atoms with Crippen LogP contribution in [0, 0.1) is 11.8 Å². The van der Waals surface area contributed by atoms with Crippen LogP contribution in [0.1, 0.15) is 0 Å². The molecule has 102 valence electrons. The third-order valence-corrected chi connectivity index (χ3v) is 5.36. The maximum atomic E-state index is 2.61. The highest BCUT2D eigenvalue weighted by atomic mass is 79.9. The fourth-order valence-corrected chi connectivity index (χ4v) is 4.49. The van der Waals surface area contributed by atoms with Gasteiger partial charge in [-0.25, -0.2) is 0 Å². The van der Waals surface area contributed by atoms with E-state index in [2.05, 4.69) is 46.5 Å². The number of hydrogen-bond donors (Lipinski definition) is 0. The Morgan fingerprint density at radius 3 is 2.53 bits per heavy atom. The first kappa shape index (κ1) is 13.4. The van der Waals surface area contributed by atoms with E-state index >= 15 is 0 Å². The molecule has 0 bridgehead atoms. The van der Waals surface area contributed by atoms with E-state index in [1.54, 1.807) is 0 Å². The maximum Gasteiger partial charge on any atom is 0.0454 e. The van der Waals surface area contributed by atoms with Crippen molar-refractivity contribution in [3.63, 3.8) is 0 Å². The number of nitrogens with zero attached hydrogens (tertiary/aromatic N) is 2. The predicted molar refractivity (Wildman–Crippen MR) is 88.8 cm³/mol. The topological polar surface area (TPSA) is 6.48 Å². The molecule has 0 N–H and O–H groups in total. The maximum absolute atomic E-state index is 2.61. The number of halogens is 1. The zero-order chi connectivity index (χ0) is 12.1. The van der Waals surface area contributed by atoms with Crippen LogP contribution in [-0.2, 0) is 0 Å². The Bertz CT molecular complexity index is 568. The van der Waals surface area contributed by atoms with Crippen molar-refractivity contribution in [2.75, 3.05) is 38.1 Å². The molecule has 0 amide bonds. The van der Waals surface area contributed by atoms with Crippen molar-refractivity contribution in [2.45, 2.75) is 0 Å². The zero-order valence-electron chi connectivity index (χ0n) is 11.1. The molecule has 3 heterocycles. The molecule has 0 saturated carbocycles. The van der Waals surface area contributed by atoms with Gasteiger partial charge in [0.15, 0.2) is 0 Å². The second-order valence-electron chi connectivity index (χ2n) is 5.76. The summed E-state index contributed by atoms with van der Waals surface area (Å²) in [6.45, 7) is 5.04. The van der Waals surface area contributed by atoms with E-state index in [1.807, 2.05) is 11.3 Å². The van der Waals surface area contributed by atoms with Gasteiger partial charge >= 0.3 is 0 Å². The highest BCUT2D eigenvalue weighted by Crippen LogP contribution is 2.37. The molecule has 2 aliphatic rings. The van der Waals surface area contributed by atoms with E-state index in [1.165, 1.54) is 42.0 Å². The van der Waals surface area contributed by atoms with Crippen LogP contribution in [0.25, 0.3) is 10.1 Å². The molecule has 4 rings (SSSR count). The molecular formula is C15H19BrN2S. The molecule has 0 spiro atoms. The van der Waals surface area contributed by atoms with E-state index in [4.69, 9.17) is 0 Å². The van der Waals surface area contributed by atoms with Crippen molar-refractivity contribution in [1.29, 1.82) is 0 Å². The molecule has 1 aromatic carbocycles. The van der Waals surface area contributed by atoms with E-state index in [0.717, 1.165) is 11.8 Å². The molecule has 0 radical (unpaired) electrons. The zero-order valence-corrected chi connectivity index (χ0v) is 13.6. The van der Waals surface area contributed by atoms with Gasteiger partial charge in [0.2, 0.25) is 0 Å². The Hall–Kier alpha value is -0.580. The number of rotatable bonds is 1. The summed E-state index contributed by atoms with van der Waals surface area (Å²) in [6, 6.07) is 9.00. The third kappa shape index (κ3) is 2.20. The standard InChI is InChI=1S/C15H18N2S.BrH/c1-16-7-11-9-17(10-12(11)8-16)14-3-2-4-15-13(14)5-6-18-15;/h2-6,11-12H,7-10H2,1H3;1H. The van der Waals surface area contributed by atoms with E-state index in [0.29, 0.717) is 0 Å². The van der Waals surface area contributed by atoms with Crippen molar-refractivity contribution < 1.29 is 0 Å². The van der Waals surface area contributed by atoms with Gasteiger partial charge in [-0.2, -0.15) is 0 Å². The molecule has 2 aliphatic heterocycles. The molecule has 1 aromatic heterocycles. The Labute approximate surface area is 128 Å². The fraction of sp³-hybridized carbons (Fsp3) is 0.467. The molecule has 2 aromatic rings. The monoisotopic (exact) mass is 338 g/mol. The van der Waals surface area contributed by atoms with Gasteiger partial charge < -0.3 is 9.80 Å². The quantitative estimate of drug-likeness (QED) is 0.785. The second-order valence-corrected chi connectivity index (χ2v) is 6.70. The minimum atomic E-state index is 0. The van der Waals surface area contributed by atoms with E-state index < -0.39 is 0 Å².